The summed E-state index contributed by atoms with van der Waals surface area (Å²) in [7, 11) is 0. The topological polar surface area (TPSA) is 69.6 Å². The number of carbonyl (C=O) groups excluding carboxylic acids is 1. The molecule has 5 heteroatoms. The lowest BCUT2D eigenvalue weighted by molar-refractivity contribution is -0.145. The molecule has 1 aliphatic carbocycles. The summed E-state index contributed by atoms with van der Waals surface area (Å²) in [5, 5.41) is 12.1. The zero-order valence-electron chi connectivity index (χ0n) is 11.8. The smallest absolute Gasteiger partial charge is 0.326 e. The van der Waals surface area contributed by atoms with Crippen LogP contribution in [0.4, 0.5) is 4.79 Å². The minimum absolute atomic E-state index is 0.0450. The maximum Gasteiger partial charge on any atom is 0.326 e. The van der Waals surface area contributed by atoms with Crippen LogP contribution in [0.25, 0.3) is 0 Å². The second-order valence-electron chi connectivity index (χ2n) is 5.79. The summed E-state index contributed by atoms with van der Waals surface area (Å²) in [6.45, 7) is 1.72. The summed E-state index contributed by atoms with van der Waals surface area (Å²) in [6, 6.07) is -1.40. The number of hydrogen-bond acceptors (Lipinski definition) is 2. The highest BCUT2D eigenvalue weighted by Gasteiger charge is 2.43. The first-order chi connectivity index (χ1) is 9.54. The van der Waals surface area contributed by atoms with Crippen LogP contribution in [-0.4, -0.2) is 40.1 Å². The Morgan fingerprint density at radius 1 is 1.30 bits per heavy atom. The molecule has 2 amide bonds. The van der Waals surface area contributed by atoms with E-state index in [0.29, 0.717) is 12.3 Å². The number of piperidine rings is 1. The molecule has 2 N–H and O–H groups in total. The third kappa shape index (κ3) is 2.90. The highest BCUT2D eigenvalue weighted by atomic mass is 16.4. The molecule has 2 rings (SSSR count). The van der Waals surface area contributed by atoms with Gasteiger partial charge in [0.25, 0.3) is 0 Å². The molecule has 0 radical (unpaired) electrons. The van der Waals surface area contributed by atoms with Crippen molar-refractivity contribution >= 4 is 12.0 Å². The second kappa shape index (κ2) is 6.17. The molecule has 1 saturated carbocycles. The lowest BCUT2D eigenvalue weighted by atomic mass is 9.76. The summed E-state index contributed by atoms with van der Waals surface area (Å²) in [5.41, 5.74) is 0. The third-order valence-electron chi connectivity index (χ3n) is 4.48. The lowest BCUT2D eigenvalue weighted by Gasteiger charge is -2.47. The number of aliphatic carboxylic acids is 1. The quantitative estimate of drug-likeness (QED) is 0.757. The van der Waals surface area contributed by atoms with E-state index in [9.17, 15) is 14.7 Å². The largest absolute Gasteiger partial charge is 0.480 e. The Morgan fingerprint density at radius 2 is 2.00 bits per heavy atom. The van der Waals surface area contributed by atoms with E-state index in [2.05, 4.69) is 11.2 Å². The van der Waals surface area contributed by atoms with Gasteiger partial charge in [-0.1, -0.05) is 18.8 Å². The Labute approximate surface area is 119 Å². The Bertz CT molecular complexity index is 429. The van der Waals surface area contributed by atoms with E-state index in [0.717, 1.165) is 25.7 Å². The van der Waals surface area contributed by atoms with Crippen molar-refractivity contribution in [2.45, 2.75) is 63.6 Å². The highest BCUT2D eigenvalue weighted by molar-refractivity contribution is 5.83. The number of fused-ring (bicyclic) bond motifs is 1. The highest BCUT2D eigenvalue weighted by Crippen LogP contribution is 2.37. The Kier molecular flexibility index (Phi) is 4.53. The molecule has 110 valence electrons. The first kappa shape index (κ1) is 14.7. The van der Waals surface area contributed by atoms with Crippen molar-refractivity contribution in [3.63, 3.8) is 0 Å². The number of urea groups is 1. The lowest BCUT2D eigenvalue weighted by Crippen LogP contribution is -2.60. The summed E-state index contributed by atoms with van der Waals surface area (Å²) in [6.07, 6.45) is 10.9. The van der Waals surface area contributed by atoms with Gasteiger partial charge in [-0.25, -0.2) is 9.59 Å². The molecule has 2 fully saturated rings. The number of carboxylic acids is 1. The zero-order valence-corrected chi connectivity index (χ0v) is 11.8. The van der Waals surface area contributed by atoms with Crippen LogP contribution in [0.1, 0.15) is 45.4 Å². The normalized spacial score (nSPS) is 30.8. The van der Waals surface area contributed by atoms with Gasteiger partial charge in [0.1, 0.15) is 6.04 Å². The van der Waals surface area contributed by atoms with Crippen molar-refractivity contribution < 1.29 is 14.7 Å². The number of hydrogen-bond donors (Lipinski definition) is 2. The van der Waals surface area contributed by atoms with Crippen molar-refractivity contribution in [1.29, 1.82) is 0 Å². The van der Waals surface area contributed by atoms with Crippen molar-refractivity contribution in [2.24, 2.45) is 5.92 Å². The number of nitrogens with one attached hydrogen (secondary N) is 1. The molecule has 0 aromatic rings. The SMILES string of the molecule is C#CC(C)NC(=O)N1C(C(=O)O)CCC2CCCCC21. The zero-order chi connectivity index (χ0) is 14.7. The van der Waals surface area contributed by atoms with Gasteiger partial charge in [-0.2, -0.15) is 0 Å². The van der Waals surface area contributed by atoms with Crippen molar-refractivity contribution in [1.82, 2.24) is 10.2 Å². The standard InChI is InChI=1S/C15H22N2O3/c1-3-10(2)16-15(20)17-12-7-5-4-6-11(12)8-9-13(17)14(18)19/h1,10-13H,4-9H2,2H3,(H,16,20)(H,18,19). The molecular formula is C15H22N2O3. The van der Waals surface area contributed by atoms with E-state index in [-0.39, 0.29) is 18.1 Å². The van der Waals surface area contributed by atoms with Gasteiger partial charge < -0.3 is 15.3 Å². The molecule has 1 aliphatic heterocycles. The average molecular weight is 278 g/mol. The third-order valence-corrected chi connectivity index (χ3v) is 4.48. The van der Waals surface area contributed by atoms with Gasteiger partial charge in [0.2, 0.25) is 0 Å². The molecule has 5 nitrogen and oxygen atoms in total. The Hall–Kier alpha value is -1.70. The Balaban J connectivity index is 2.18. The number of nitrogens with zero attached hydrogens (tertiary/aromatic N) is 1. The van der Waals surface area contributed by atoms with E-state index >= 15 is 0 Å². The van der Waals surface area contributed by atoms with Crippen LogP contribution in [0.5, 0.6) is 0 Å². The van der Waals surface area contributed by atoms with Crippen LogP contribution in [0.3, 0.4) is 0 Å². The number of carbonyl (C=O) groups is 2. The summed E-state index contributed by atoms with van der Waals surface area (Å²) in [4.78, 5) is 25.4. The van der Waals surface area contributed by atoms with E-state index in [4.69, 9.17) is 6.42 Å². The summed E-state index contributed by atoms with van der Waals surface area (Å²) >= 11 is 0. The van der Waals surface area contributed by atoms with Gasteiger partial charge in [0.15, 0.2) is 0 Å². The molecular weight excluding hydrogens is 256 g/mol. The van der Waals surface area contributed by atoms with Gasteiger partial charge in [0, 0.05) is 6.04 Å². The van der Waals surface area contributed by atoms with Crippen LogP contribution < -0.4 is 5.32 Å². The number of likely N-dealkylation sites (tertiary alicyclic amines) is 1. The fraction of sp³-hybridized carbons (Fsp3) is 0.733. The van der Waals surface area contributed by atoms with Crippen LogP contribution in [-0.2, 0) is 4.79 Å². The number of carboxylic acid groups (broad SMARTS) is 1. The van der Waals surface area contributed by atoms with Crippen molar-refractivity contribution in [2.75, 3.05) is 0 Å². The maximum atomic E-state index is 12.4. The van der Waals surface area contributed by atoms with Crippen LogP contribution >= 0.6 is 0 Å². The molecule has 20 heavy (non-hydrogen) atoms. The van der Waals surface area contributed by atoms with Gasteiger partial charge in [-0.15, -0.1) is 6.42 Å². The van der Waals surface area contributed by atoms with Gasteiger partial charge in [0.05, 0.1) is 6.04 Å². The fourth-order valence-electron chi connectivity index (χ4n) is 3.47. The van der Waals surface area contributed by atoms with Gasteiger partial charge in [-0.3, -0.25) is 0 Å². The summed E-state index contributed by atoms with van der Waals surface area (Å²) < 4.78 is 0. The first-order valence-corrected chi connectivity index (χ1v) is 7.32. The van der Waals surface area contributed by atoms with E-state index in [1.165, 1.54) is 6.42 Å². The van der Waals surface area contributed by atoms with E-state index in [1.807, 2.05) is 0 Å². The monoisotopic (exact) mass is 278 g/mol. The molecule has 0 aromatic carbocycles. The minimum Gasteiger partial charge on any atom is -0.480 e. The number of amides is 2. The molecule has 1 saturated heterocycles. The predicted molar refractivity (Wildman–Crippen MR) is 75.1 cm³/mol. The van der Waals surface area contributed by atoms with Crippen molar-refractivity contribution in [3.05, 3.63) is 0 Å². The maximum absolute atomic E-state index is 12.4. The van der Waals surface area contributed by atoms with E-state index in [1.54, 1.807) is 11.8 Å². The minimum atomic E-state index is -0.919. The first-order valence-electron chi connectivity index (χ1n) is 7.32. The number of rotatable bonds is 2. The second-order valence-corrected chi connectivity index (χ2v) is 5.79. The molecule has 4 unspecified atom stereocenters. The van der Waals surface area contributed by atoms with Gasteiger partial charge in [-0.05, 0) is 38.5 Å². The molecule has 0 aromatic heterocycles. The number of terminal acetylenes is 1. The predicted octanol–water partition coefficient (Wildman–Crippen LogP) is 1.83. The molecule has 2 aliphatic rings. The Morgan fingerprint density at radius 3 is 2.65 bits per heavy atom. The summed E-state index contributed by atoms with van der Waals surface area (Å²) in [5.74, 6) is 1.96. The van der Waals surface area contributed by atoms with Crippen molar-refractivity contribution in [3.8, 4) is 12.3 Å². The molecule has 0 spiro atoms. The van der Waals surface area contributed by atoms with Crippen LogP contribution in [0.15, 0.2) is 0 Å². The fourth-order valence-corrected chi connectivity index (χ4v) is 3.47. The van der Waals surface area contributed by atoms with Gasteiger partial charge >= 0.3 is 12.0 Å². The van der Waals surface area contributed by atoms with Crippen LogP contribution in [0, 0.1) is 18.3 Å². The van der Waals surface area contributed by atoms with E-state index < -0.39 is 12.0 Å². The van der Waals surface area contributed by atoms with Crippen LogP contribution in [0.2, 0.25) is 0 Å². The molecule has 4 atom stereocenters. The molecule has 1 heterocycles. The average Bonchev–Trinajstić information content (AvgIpc) is 2.45. The molecule has 0 bridgehead atoms.